The van der Waals surface area contributed by atoms with Crippen molar-refractivity contribution in [1.82, 2.24) is 56.8 Å². The maximum absolute atomic E-state index is 14.2. The Morgan fingerprint density at radius 1 is 0.689 bits per heavy atom. The van der Waals surface area contributed by atoms with Crippen LogP contribution in [0.1, 0.15) is 35.4 Å². The minimum Gasteiger partial charge on any atom is -0.508 e. The third-order valence-electron chi connectivity index (χ3n) is 10.1. The van der Waals surface area contributed by atoms with E-state index in [2.05, 4.69) is 56.8 Å². The number of aromatic nitrogens is 5. The van der Waals surface area contributed by atoms with Crippen molar-refractivity contribution >= 4 is 52.3 Å². The molecule has 4 heterocycles. The number of phenolic OH excluding ortho intramolecular Hbond substituents is 1. The van der Waals surface area contributed by atoms with Gasteiger partial charge in [-0.05, 0) is 35.7 Å². The number of carbonyl (C=O) groups excluding carboxylic acids is 6. The number of carboxylic acids is 1. The summed E-state index contributed by atoms with van der Waals surface area (Å²) < 4.78 is 0. The maximum atomic E-state index is 14.2. The number of hydrogen-bond acceptors (Lipinski definition) is 11. The number of imidazole rings is 2. The van der Waals surface area contributed by atoms with Crippen molar-refractivity contribution in [2.24, 2.45) is 0 Å². The number of aliphatic hydroxyl groups excluding tert-OH is 1. The lowest BCUT2D eigenvalue weighted by Crippen LogP contribution is -2.61. The molecular formula is C40H45N11O10. The molecule has 12 N–H and O–H groups in total. The van der Waals surface area contributed by atoms with Crippen LogP contribution in [0.25, 0.3) is 10.9 Å². The molecule has 21 nitrogen and oxygen atoms in total. The number of H-pyrrole nitrogens is 3. The van der Waals surface area contributed by atoms with Crippen molar-refractivity contribution in [3.8, 4) is 5.75 Å². The quantitative estimate of drug-likeness (QED) is 0.0421. The van der Waals surface area contributed by atoms with E-state index in [-0.39, 0.29) is 50.2 Å². The molecule has 1 saturated heterocycles. The van der Waals surface area contributed by atoms with Crippen LogP contribution in [0.5, 0.6) is 5.75 Å². The lowest BCUT2D eigenvalue weighted by atomic mass is 10.0. The predicted molar refractivity (Wildman–Crippen MR) is 214 cm³/mol. The van der Waals surface area contributed by atoms with Crippen LogP contribution in [0.2, 0.25) is 0 Å². The summed E-state index contributed by atoms with van der Waals surface area (Å²) in [7, 11) is 0. The zero-order chi connectivity index (χ0) is 43.5. The minimum atomic E-state index is -1.68. The molecule has 5 aromatic rings. The highest BCUT2D eigenvalue weighted by molar-refractivity contribution is 5.98. The number of rotatable bonds is 20. The molecule has 6 atom stereocenters. The highest BCUT2D eigenvalue weighted by Gasteiger charge is 2.35. The fourth-order valence-electron chi connectivity index (χ4n) is 6.81. The summed E-state index contributed by atoms with van der Waals surface area (Å²) in [6.07, 6.45) is 7.07. The molecular weight excluding hydrogens is 795 g/mol. The Hall–Kier alpha value is -7.55. The Kier molecular flexibility index (Phi) is 14.1. The zero-order valence-corrected chi connectivity index (χ0v) is 32.5. The number of hydrogen-bond donors (Lipinski definition) is 12. The molecule has 320 valence electrons. The number of carbonyl (C=O) groups is 7. The van der Waals surface area contributed by atoms with Gasteiger partial charge >= 0.3 is 5.97 Å². The number of amides is 6. The van der Waals surface area contributed by atoms with Crippen molar-refractivity contribution in [3.05, 3.63) is 102 Å². The number of fused-ring (bicyclic) bond motifs is 1. The van der Waals surface area contributed by atoms with Gasteiger partial charge in [-0.2, -0.15) is 0 Å². The fraction of sp³-hybridized carbons (Fsp3) is 0.325. The van der Waals surface area contributed by atoms with E-state index in [1.54, 1.807) is 12.3 Å². The summed E-state index contributed by atoms with van der Waals surface area (Å²) in [5.41, 5.74) is 2.72. The molecule has 0 unspecified atom stereocenters. The predicted octanol–water partition coefficient (Wildman–Crippen LogP) is -1.63. The first-order valence-electron chi connectivity index (χ1n) is 19.3. The summed E-state index contributed by atoms with van der Waals surface area (Å²) in [6.45, 7) is -0.956. The van der Waals surface area contributed by atoms with Crippen molar-refractivity contribution in [2.45, 2.75) is 74.8 Å². The average molecular weight is 840 g/mol. The number of aromatic amines is 3. The van der Waals surface area contributed by atoms with Crippen LogP contribution < -0.4 is 31.9 Å². The molecule has 0 saturated carbocycles. The number of carboxylic acid groups (broad SMARTS) is 1. The topological polar surface area (TPSA) is 326 Å². The Bertz CT molecular complexity index is 2330. The molecule has 0 spiro atoms. The van der Waals surface area contributed by atoms with Gasteiger partial charge in [0.05, 0.1) is 19.3 Å². The first-order chi connectivity index (χ1) is 29.4. The lowest BCUT2D eigenvalue weighted by molar-refractivity contribution is -0.142. The molecule has 3 aromatic heterocycles. The second-order valence-corrected chi connectivity index (χ2v) is 14.5. The first kappa shape index (κ1) is 43.0. The molecule has 0 bridgehead atoms. The first-order valence-corrected chi connectivity index (χ1v) is 19.3. The maximum Gasteiger partial charge on any atom is 0.326 e. The van der Waals surface area contributed by atoms with Gasteiger partial charge in [0.15, 0.2) is 0 Å². The molecule has 1 aliphatic rings. The highest BCUT2D eigenvalue weighted by atomic mass is 16.4. The molecule has 1 fully saturated rings. The molecule has 1 aliphatic heterocycles. The van der Waals surface area contributed by atoms with Crippen molar-refractivity contribution in [1.29, 1.82) is 0 Å². The largest absolute Gasteiger partial charge is 0.508 e. The molecule has 0 aliphatic carbocycles. The molecule has 21 heteroatoms. The smallest absolute Gasteiger partial charge is 0.326 e. The van der Waals surface area contributed by atoms with Crippen LogP contribution in [0, 0.1) is 0 Å². The van der Waals surface area contributed by atoms with Gasteiger partial charge in [0.1, 0.15) is 42.0 Å². The minimum absolute atomic E-state index is 0.0612. The van der Waals surface area contributed by atoms with Crippen LogP contribution in [-0.2, 0) is 59.2 Å². The van der Waals surface area contributed by atoms with E-state index in [0.29, 0.717) is 22.5 Å². The van der Waals surface area contributed by atoms with Gasteiger partial charge in [0, 0.05) is 73.0 Å². The second-order valence-electron chi connectivity index (χ2n) is 14.5. The Morgan fingerprint density at radius 2 is 1.25 bits per heavy atom. The van der Waals surface area contributed by atoms with E-state index in [4.69, 9.17) is 0 Å². The van der Waals surface area contributed by atoms with Crippen LogP contribution in [0.4, 0.5) is 0 Å². The normalized spacial score (nSPS) is 16.0. The van der Waals surface area contributed by atoms with Gasteiger partial charge in [-0.25, -0.2) is 14.8 Å². The van der Waals surface area contributed by atoms with E-state index in [1.165, 1.54) is 49.3 Å². The zero-order valence-electron chi connectivity index (χ0n) is 32.5. The van der Waals surface area contributed by atoms with Crippen LogP contribution in [0.3, 0.4) is 0 Å². The fourth-order valence-corrected chi connectivity index (χ4v) is 6.81. The van der Waals surface area contributed by atoms with Gasteiger partial charge in [-0.3, -0.25) is 28.8 Å². The third kappa shape index (κ3) is 11.6. The lowest BCUT2D eigenvalue weighted by Gasteiger charge is -2.26. The number of aromatic hydroxyl groups is 1. The highest BCUT2D eigenvalue weighted by Crippen LogP contribution is 2.20. The van der Waals surface area contributed by atoms with Crippen molar-refractivity contribution in [2.75, 3.05) is 6.61 Å². The van der Waals surface area contributed by atoms with Crippen LogP contribution >= 0.6 is 0 Å². The number of benzene rings is 2. The van der Waals surface area contributed by atoms with Gasteiger partial charge in [0.2, 0.25) is 35.4 Å². The van der Waals surface area contributed by atoms with Gasteiger partial charge in [0.25, 0.3) is 0 Å². The number of para-hydroxylation sites is 1. The Balaban J connectivity index is 1.22. The van der Waals surface area contributed by atoms with E-state index in [1.807, 2.05) is 18.2 Å². The monoisotopic (exact) mass is 839 g/mol. The summed E-state index contributed by atoms with van der Waals surface area (Å²) in [6, 6.07) is 4.84. The Morgan fingerprint density at radius 3 is 1.82 bits per heavy atom. The van der Waals surface area contributed by atoms with Crippen LogP contribution in [-0.4, -0.2) is 125 Å². The molecule has 6 amide bonds. The van der Waals surface area contributed by atoms with Gasteiger partial charge in [-0.15, -0.1) is 0 Å². The van der Waals surface area contributed by atoms with E-state index in [9.17, 15) is 48.9 Å². The Labute approximate surface area is 346 Å². The molecule has 2 aromatic carbocycles. The van der Waals surface area contributed by atoms with Crippen molar-refractivity contribution in [3.63, 3.8) is 0 Å². The average Bonchev–Trinajstić information content (AvgIpc) is 4.09. The number of aliphatic carboxylic acids is 1. The number of aliphatic hydroxyl groups is 1. The molecule has 0 radical (unpaired) electrons. The number of phenols is 1. The van der Waals surface area contributed by atoms with E-state index < -0.39 is 78.4 Å². The van der Waals surface area contributed by atoms with Gasteiger partial charge < -0.3 is 62.2 Å². The van der Waals surface area contributed by atoms with Gasteiger partial charge in [-0.1, -0.05) is 30.3 Å². The summed E-state index contributed by atoms with van der Waals surface area (Å²) >= 11 is 0. The SMILES string of the molecule is O=C1CC[C@@H](C(=O)N[C@@H](Cc2cnc[nH]2)C(=O)N[C@@H](Cc2c[nH]c3ccccc23)C(=O)N[C@@H](CO)C(=O)N[C@@H](Cc2ccc(O)cc2)C(=O)N[C@H](Cc2cnc[nH]2)C(=O)O)N1. The summed E-state index contributed by atoms with van der Waals surface area (Å²) in [5, 5.41) is 46.1. The molecule has 61 heavy (non-hydrogen) atoms. The molecule has 6 rings (SSSR count). The van der Waals surface area contributed by atoms with E-state index in [0.717, 1.165) is 10.9 Å². The standard InChI is InChI=1S/C40H45N11O10/c52-18-33(39(59)47-29(11-21-5-7-25(53)8-6-21)36(56)50-32(40(60)61)14-24-17-42-20-45-24)51-37(57)30(12-22-15-43-27-4-2-1-3-26(22)27)48-38(58)31(13-23-16-41-19-44-23)49-35(55)28-9-10-34(54)46-28/h1-8,15-17,19-20,28-33,43,52-53H,9-14,18H2,(H,41,44)(H,42,45)(H,46,54)(H,47,59)(H,48,58)(H,49,55)(H,50,56)(H,51,57)(H,60,61)/t28-,29-,30-,31-,32+,33-/m0/s1. The van der Waals surface area contributed by atoms with E-state index >= 15 is 0 Å². The third-order valence-corrected chi connectivity index (χ3v) is 10.1. The van der Waals surface area contributed by atoms with Crippen molar-refractivity contribution < 1.29 is 48.9 Å². The number of nitrogens with zero attached hydrogens (tertiary/aromatic N) is 2. The summed E-state index contributed by atoms with van der Waals surface area (Å²) in [4.78, 5) is 109. The second kappa shape index (κ2) is 19.9. The summed E-state index contributed by atoms with van der Waals surface area (Å²) in [5.74, 6) is -5.96. The number of nitrogens with one attached hydrogen (secondary N) is 9. The van der Waals surface area contributed by atoms with Crippen LogP contribution in [0.15, 0.2) is 79.8 Å².